The largest absolute Gasteiger partial charge is 0.507 e. The molecule has 0 aliphatic carbocycles. The predicted molar refractivity (Wildman–Crippen MR) is 88.3 cm³/mol. The van der Waals surface area contributed by atoms with Crippen LogP contribution in [0.2, 0.25) is 0 Å². The number of phenols is 1. The summed E-state index contributed by atoms with van der Waals surface area (Å²) in [4.78, 5) is 34.8. The lowest BCUT2D eigenvalue weighted by molar-refractivity contribution is -0.131. The summed E-state index contributed by atoms with van der Waals surface area (Å²) in [6.07, 6.45) is -0.00374. The first-order valence-corrected chi connectivity index (χ1v) is 7.50. The van der Waals surface area contributed by atoms with E-state index in [2.05, 4.69) is 5.32 Å². The van der Waals surface area contributed by atoms with Crippen LogP contribution in [0.3, 0.4) is 0 Å². The number of Topliss-reactive ketones (excluding diaryl/α,β-unsaturated/α-hetero) is 1. The van der Waals surface area contributed by atoms with E-state index < -0.39 is 5.97 Å². The van der Waals surface area contributed by atoms with Crippen molar-refractivity contribution in [2.75, 3.05) is 5.32 Å². The maximum absolute atomic E-state index is 12.5. The van der Waals surface area contributed by atoms with Gasteiger partial charge in [-0.2, -0.15) is 0 Å². The van der Waals surface area contributed by atoms with Crippen molar-refractivity contribution in [3.8, 4) is 23.0 Å². The number of carbonyl (C=O) groups excluding carboxylic acids is 3. The Morgan fingerprint density at radius 3 is 2.60 bits per heavy atom. The van der Waals surface area contributed by atoms with Gasteiger partial charge in [0.1, 0.15) is 28.6 Å². The second kappa shape index (κ2) is 6.27. The van der Waals surface area contributed by atoms with Crippen molar-refractivity contribution in [1.29, 1.82) is 0 Å². The number of fused-ring (bicyclic) bond motifs is 2. The monoisotopic (exact) mass is 341 g/mol. The minimum atomic E-state index is -0.556. The predicted octanol–water partition coefficient (Wildman–Crippen LogP) is 2.81. The van der Waals surface area contributed by atoms with Gasteiger partial charge in [-0.15, -0.1) is 0 Å². The average Bonchev–Trinajstić information content (AvgIpc) is 2.61. The van der Waals surface area contributed by atoms with Crippen molar-refractivity contribution in [1.82, 2.24) is 0 Å². The molecule has 2 aromatic carbocycles. The quantitative estimate of drug-likeness (QED) is 0.643. The average molecular weight is 341 g/mol. The van der Waals surface area contributed by atoms with Crippen LogP contribution >= 0.6 is 0 Å². The van der Waals surface area contributed by atoms with E-state index in [9.17, 15) is 19.5 Å². The summed E-state index contributed by atoms with van der Waals surface area (Å²) < 4.78 is 10.7. The minimum Gasteiger partial charge on any atom is -0.507 e. The van der Waals surface area contributed by atoms with E-state index >= 15 is 0 Å². The smallest absolute Gasteiger partial charge is 0.308 e. The van der Waals surface area contributed by atoms with E-state index in [4.69, 9.17) is 9.47 Å². The Hall–Kier alpha value is -3.35. The van der Waals surface area contributed by atoms with Gasteiger partial charge in [-0.1, -0.05) is 0 Å². The third kappa shape index (κ3) is 3.45. The SMILES string of the molecule is CC(=O)Nc1ccc2c(c1)CC(=O)c1c(O)cc(OC(C)=O)cc1O2. The Labute approximate surface area is 143 Å². The maximum atomic E-state index is 12.5. The third-order valence-corrected chi connectivity index (χ3v) is 3.55. The number of amides is 1. The number of nitrogens with one attached hydrogen (secondary N) is 1. The van der Waals surface area contributed by atoms with E-state index in [0.29, 0.717) is 17.0 Å². The van der Waals surface area contributed by atoms with Crippen LogP contribution in [0.5, 0.6) is 23.0 Å². The van der Waals surface area contributed by atoms with E-state index in [1.807, 2.05) is 0 Å². The number of phenolic OH excluding ortho intramolecular Hbond substituents is 1. The van der Waals surface area contributed by atoms with Crippen LogP contribution in [-0.2, 0) is 16.0 Å². The molecule has 1 aliphatic rings. The van der Waals surface area contributed by atoms with Gasteiger partial charge < -0.3 is 19.9 Å². The number of esters is 1. The van der Waals surface area contributed by atoms with E-state index in [1.165, 1.54) is 26.0 Å². The summed E-state index contributed by atoms with van der Waals surface area (Å²) in [5, 5.41) is 12.8. The van der Waals surface area contributed by atoms with Gasteiger partial charge in [0.05, 0.1) is 0 Å². The molecule has 25 heavy (non-hydrogen) atoms. The lowest BCUT2D eigenvalue weighted by atomic mass is 10.0. The Bertz CT molecular complexity index is 903. The summed E-state index contributed by atoms with van der Waals surface area (Å²) in [6, 6.07) is 7.49. The molecular weight excluding hydrogens is 326 g/mol. The van der Waals surface area contributed by atoms with Crippen LogP contribution in [0.25, 0.3) is 0 Å². The van der Waals surface area contributed by atoms with Crippen molar-refractivity contribution >= 4 is 23.3 Å². The molecule has 0 atom stereocenters. The van der Waals surface area contributed by atoms with Gasteiger partial charge in [-0.25, -0.2) is 0 Å². The van der Waals surface area contributed by atoms with Crippen molar-refractivity contribution in [2.45, 2.75) is 20.3 Å². The van der Waals surface area contributed by atoms with Crippen molar-refractivity contribution in [2.24, 2.45) is 0 Å². The Kier molecular flexibility index (Phi) is 4.14. The van der Waals surface area contributed by atoms with Crippen molar-refractivity contribution in [3.63, 3.8) is 0 Å². The lowest BCUT2D eigenvalue weighted by Crippen LogP contribution is -2.07. The van der Waals surface area contributed by atoms with E-state index in [1.54, 1.807) is 18.2 Å². The number of anilines is 1. The summed E-state index contributed by atoms with van der Waals surface area (Å²) >= 11 is 0. The summed E-state index contributed by atoms with van der Waals surface area (Å²) in [5.74, 6) is -0.857. The summed E-state index contributed by atoms with van der Waals surface area (Å²) in [7, 11) is 0. The second-order valence-corrected chi connectivity index (χ2v) is 5.61. The number of hydrogen-bond donors (Lipinski definition) is 2. The third-order valence-electron chi connectivity index (χ3n) is 3.55. The fourth-order valence-corrected chi connectivity index (χ4v) is 2.64. The van der Waals surface area contributed by atoms with Gasteiger partial charge in [0, 0.05) is 43.7 Å². The van der Waals surface area contributed by atoms with Crippen LogP contribution in [0.1, 0.15) is 29.8 Å². The first-order valence-electron chi connectivity index (χ1n) is 7.50. The fourth-order valence-electron chi connectivity index (χ4n) is 2.64. The highest BCUT2D eigenvalue weighted by Gasteiger charge is 2.26. The van der Waals surface area contributed by atoms with E-state index in [0.717, 1.165) is 0 Å². The number of ether oxygens (including phenoxy) is 2. The molecule has 0 aromatic heterocycles. The van der Waals surface area contributed by atoms with Gasteiger partial charge >= 0.3 is 5.97 Å². The number of aromatic hydroxyl groups is 1. The first-order chi connectivity index (χ1) is 11.8. The van der Waals surface area contributed by atoms with Gasteiger partial charge in [-0.05, 0) is 18.2 Å². The number of hydrogen-bond acceptors (Lipinski definition) is 6. The lowest BCUT2D eigenvalue weighted by Gasteiger charge is -2.12. The van der Waals surface area contributed by atoms with Crippen LogP contribution in [0.4, 0.5) is 5.69 Å². The zero-order valence-electron chi connectivity index (χ0n) is 13.6. The molecule has 128 valence electrons. The van der Waals surface area contributed by atoms with Crippen LogP contribution in [0.15, 0.2) is 30.3 Å². The highest BCUT2D eigenvalue weighted by atomic mass is 16.5. The summed E-state index contributed by atoms with van der Waals surface area (Å²) in [6.45, 7) is 2.62. The first kappa shape index (κ1) is 16.5. The number of rotatable bonds is 2. The Morgan fingerprint density at radius 1 is 1.16 bits per heavy atom. The molecule has 2 aromatic rings. The minimum absolute atomic E-state index is 0.00374. The normalized spacial score (nSPS) is 12.3. The van der Waals surface area contributed by atoms with Gasteiger partial charge in [0.25, 0.3) is 0 Å². The molecule has 1 aliphatic heterocycles. The molecule has 1 amide bonds. The van der Waals surface area contributed by atoms with Gasteiger partial charge in [0.2, 0.25) is 5.91 Å². The molecule has 0 radical (unpaired) electrons. The molecule has 0 saturated carbocycles. The highest BCUT2D eigenvalue weighted by Crippen LogP contribution is 2.41. The standard InChI is InChI=1S/C18H15NO6/c1-9(20)19-12-3-4-16-11(5-12)6-14(22)18-15(23)7-13(24-10(2)21)8-17(18)25-16/h3-5,7-8,23H,6H2,1-2H3,(H,19,20). The van der Waals surface area contributed by atoms with Crippen LogP contribution in [-0.4, -0.2) is 22.8 Å². The molecule has 0 unspecified atom stereocenters. The molecule has 2 N–H and O–H groups in total. The zero-order chi connectivity index (χ0) is 18.1. The Morgan fingerprint density at radius 2 is 1.92 bits per heavy atom. The van der Waals surface area contributed by atoms with Crippen LogP contribution < -0.4 is 14.8 Å². The second-order valence-electron chi connectivity index (χ2n) is 5.61. The van der Waals surface area contributed by atoms with Gasteiger partial charge in [0.15, 0.2) is 5.78 Å². The molecule has 0 bridgehead atoms. The number of benzene rings is 2. The number of ketones is 1. The molecular formula is C18H15NO6. The van der Waals surface area contributed by atoms with Crippen LogP contribution in [0, 0.1) is 0 Å². The molecule has 3 rings (SSSR count). The number of carbonyl (C=O) groups is 3. The molecule has 0 fully saturated rings. The molecule has 7 heteroatoms. The molecule has 7 nitrogen and oxygen atoms in total. The van der Waals surface area contributed by atoms with Gasteiger partial charge in [-0.3, -0.25) is 14.4 Å². The van der Waals surface area contributed by atoms with Crippen molar-refractivity contribution in [3.05, 3.63) is 41.5 Å². The molecule has 0 saturated heterocycles. The highest BCUT2D eigenvalue weighted by molar-refractivity contribution is 6.04. The molecule has 1 heterocycles. The summed E-state index contributed by atoms with van der Waals surface area (Å²) in [5.41, 5.74) is 1.13. The topological polar surface area (TPSA) is 102 Å². The Balaban J connectivity index is 2.04. The fraction of sp³-hybridized carbons (Fsp3) is 0.167. The van der Waals surface area contributed by atoms with Crippen molar-refractivity contribution < 1.29 is 29.0 Å². The molecule has 0 spiro atoms. The maximum Gasteiger partial charge on any atom is 0.308 e. The zero-order valence-corrected chi connectivity index (χ0v) is 13.6. The van der Waals surface area contributed by atoms with E-state index in [-0.39, 0.29) is 40.9 Å².